The highest BCUT2D eigenvalue weighted by Gasteiger charge is 2.11. The molecular formula is C8H16N2O4. The monoisotopic (exact) mass is 204 g/mol. The second-order valence-electron chi connectivity index (χ2n) is 2.90. The number of carbonyl (C=O) groups excluding carboxylic acids is 2. The third kappa shape index (κ3) is 6.53. The molecule has 0 aromatic rings. The fourth-order valence-electron chi connectivity index (χ4n) is 0.762. The molecule has 6 heteroatoms. The van der Waals surface area contributed by atoms with Crippen LogP contribution in [0.3, 0.4) is 0 Å². The Labute approximate surface area is 82.5 Å². The van der Waals surface area contributed by atoms with E-state index in [9.17, 15) is 9.59 Å². The lowest BCUT2D eigenvalue weighted by Gasteiger charge is -2.11. The SMILES string of the molecule is COCC(N)COC(=O)CC(N)C=O. The maximum atomic E-state index is 11.0. The van der Waals surface area contributed by atoms with E-state index in [2.05, 4.69) is 0 Å². The lowest BCUT2D eigenvalue weighted by atomic mass is 10.2. The number of hydrogen-bond acceptors (Lipinski definition) is 6. The number of ether oxygens (including phenoxy) is 2. The van der Waals surface area contributed by atoms with Crippen LogP contribution in [0.4, 0.5) is 0 Å². The Kier molecular flexibility index (Phi) is 6.91. The molecule has 6 nitrogen and oxygen atoms in total. The summed E-state index contributed by atoms with van der Waals surface area (Å²) < 4.78 is 9.49. The minimum absolute atomic E-state index is 0.0677. The van der Waals surface area contributed by atoms with Gasteiger partial charge in [-0.1, -0.05) is 0 Å². The molecule has 14 heavy (non-hydrogen) atoms. The molecule has 0 spiro atoms. The van der Waals surface area contributed by atoms with Crippen LogP contribution in [0.2, 0.25) is 0 Å². The number of esters is 1. The maximum absolute atomic E-state index is 11.0. The van der Waals surface area contributed by atoms with Gasteiger partial charge in [0.25, 0.3) is 0 Å². The summed E-state index contributed by atoms with van der Waals surface area (Å²) in [6.45, 7) is 0.380. The van der Waals surface area contributed by atoms with Crippen molar-refractivity contribution in [3.8, 4) is 0 Å². The first-order valence-corrected chi connectivity index (χ1v) is 4.21. The predicted octanol–water partition coefficient (Wildman–Crippen LogP) is -1.58. The third-order valence-electron chi connectivity index (χ3n) is 1.42. The van der Waals surface area contributed by atoms with Crippen molar-refractivity contribution in [1.82, 2.24) is 0 Å². The standard InChI is InChI=1S/C8H16N2O4/c1-13-4-7(10)5-14-8(12)2-6(9)3-11/h3,6-7H,2,4-5,9-10H2,1H3. The highest BCUT2D eigenvalue weighted by Crippen LogP contribution is 1.91. The Morgan fingerprint density at radius 2 is 2.07 bits per heavy atom. The summed E-state index contributed by atoms with van der Waals surface area (Å²) in [6.07, 6.45) is 0.375. The first kappa shape index (κ1) is 13.0. The Balaban J connectivity index is 3.57. The molecule has 0 heterocycles. The van der Waals surface area contributed by atoms with Gasteiger partial charge in [-0.15, -0.1) is 0 Å². The van der Waals surface area contributed by atoms with E-state index >= 15 is 0 Å². The average Bonchev–Trinajstić information content (AvgIpc) is 2.15. The van der Waals surface area contributed by atoms with Gasteiger partial charge in [-0.05, 0) is 0 Å². The zero-order chi connectivity index (χ0) is 11.0. The Morgan fingerprint density at radius 3 is 2.57 bits per heavy atom. The summed E-state index contributed by atoms with van der Waals surface area (Å²) in [5.41, 5.74) is 10.7. The Morgan fingerprint density at radius 1 is 1.43 bits per heavy atom. The van der Waals surface area contributed by atoms with Crippen LogP contribution in [0.1, 0.15) is 6.42 Å². The van der Waals surface area contributed by atoms with E-state index in [1.807, 2.05) is 0 Å². The van der Waals surface area contributed by atoms with Crippen LogP contribution >= 0.6 is 0 Å². The van der Waals surface area contributed by atoms with Crippen molar-refractivity contribution in [2.45, 2.75) is 18.5 Å². The van der Waals surface area contributed by atoms with Crippen molar-refractivity contribution in [3.05, 3.63) is 0 Å². The van der Waals surface area contributed by atoms with Crippen molar-refractivity contribution >= 4 is 12.3 Å². The quantitative estimate of drug-likeness (QED) is 0.383. The van der Waals surface area contributed by atoms with Crippen molar-refractivity contribution in [2.24, 2.45) is 11.5 Å². The highest BCUT2D eigenvalue weighted by molar-refractivity contribution is 5.75. The Hall–Kier alpha value is -0.980. The van der Waals surface area contributed by atoms with Crippen molar-refractivity contribution < 1.29 is 19.1 Å². The average molecular weight is 204 g/mol. The van der Waals surface area contributed by atoms with Crippen molar-refractivity contribution in [2.75, 3.05) is 20.3 Å². The maximum Gasteiger partial charge on any atom is 0.307 e. The topological polar surface area (TPSA) is 105 Å². The molecule has 0 bridgehead atoms. The van der Waals surface area contributed by atoms with Crippen LogP contribution in [0.5, 0.6) is 0 Å². The van der Waals surface area contributed by atoms with Crippen LogP contribution < -0.4 is 11.5 Å². The molecule has 0 radical (unpaired) electrons. The smallest absolute Gasteiger partial charge is 0.307 e. The minimum Gasteiger partial charge on any atom is -0.464 e. The van der Waals surface area contributed by atoms with E-state index < -0.39 is 12.0 Å². The molecule has 0 aliphatic rings. The molecule has 0 rings (SSSR count). The van der Waals surface area contributed by atoms with E-state index in [1.165, 1.54) is 7.11 Å². The van der Waals surface area contributed by atoms with Crippen LogP contribution in [-0.2, 0) is 19.1 Å². The van der Waals surface area contributed by atoms with Gasteiger partial charge in [-0.25, -0.2) is 0 Å². The summed E-state index contributed by atoms with van der Waals surface area (Å²) in [5, 5.41) is 0. The summed E-state index contributed by atoms with van der Waals surface area (Å²) in [4.78, 5) is 21.1. The van der Waals surface area contributed by atoms with Gasteiger partial charge in [-0.3, -0.25) is 4.79 Å². The molecule has 0 aliphatic carbocycles. The van der Waals surface area contributed by atoms with E-state index in [-0.39, 0.29) is 19.1 Å². The fourth-order valence-corrected chi connectivity index (χ4v) is 0.762. The van der Waals surface area contributed by atoms with Gasteiger partial charge >= 0.3 is 5.97 Å². The van der Waals surface area contributed by atoms with Gasteiger partial charge < -0.3 is 25.7 Å². The van der Waals surface area contributed by atoms with Crippen LogP contribution in [0, 0.1) is 0 Å². The lowest BCUT2D eigenvalue weighted by molar-refractivity contribution is -0.145. The van der Waals surface area contributed by atoms with E-state index in [4.69, 9.17) is 20.9 Å². The normalized spacial score (nSPS) is 14.5. The zero-order valence-corrected chi connectivity index (χ0v) is 8.14. The van der Waals surface area contributed by atoms with Gasteiger partial charge in [-0.2, -0.15) is 0 Å². The molecular weight excluding hydrogens is 188 g/mol. The molecule has 2 unspecified atom stereocenters. The van der Waals surface area contributed by atoms with Crippen LogP contribution in [-0.4, -0.2) is 44.7 Å². The number of hydrogen-bond donors (Lipinski definition) is 2. The third-order valence-corrected chi connectivity index (χ3v) is 1.42. The summed E-state index contributed by atoms with van der Waals surface area (Å²) in [7, 11) is 1.50. The summed E-state index contributed by atoms with van der Waals surface area (Å²) in [6, 6.07) is -1.16. The van der Waals surface area contributed by atoms with E-state index in [1.54, 1.807) is 0 Å². The van der Waals surface area contributed by atoms with Gasteiger partial charge in [0.2, 0.25) is 0 Å². The molecule has 2 atom stereocenters. The molecule has 0 aliphatic heterocycles. The van der Waals surface area contributed by atoms with Crippen LogP contribution in [0.15, 0.2) is 0 Å². The van der Waals surface area contributed by atoms with Gasteiger partial charge in [0.1, 0.15) is 12.9 Å². The first-order valence-electron chi connectivity index (χ1n) is 4.21. The molecule has 0 saturated carbocycles. The number of nitrogens with two attached hydrogens (primary N) is 2. The van der Waals surface area contributed by atoms with Crippen LogP contribution in [0.25, 0.3) is 0 Å². The zero-order valence-electron chi connectivity index (χ0n) is 8.14. The second-order valence-corrected chi connectivity index (χ2v) is 2.90. The number of rotatable bonds is 7. The number of aldehydes is 1. The predicted molar refractivity (Wildman–Crippen MR) is 49.5 cm³/mol. The number of methoxy groups -OCH3 is 1. The fraction of sp³-hybridized carbons (Fsp3) is 0.750. The molecule has 0 amide bonds. The molecule has 82 valence electrons. The van der Waals surface area contributed by atoms with E-state index in [0.29, 0.717) is 12.9 Å². The van der Waals surface area contributed by atoms with E-state index in [0.717, 1.165) is 0 Å². The minimum atomic E-state index is -0.804. The molecule has 4 N–H and O–H groups in total. The molecule has 0 aromatic heterocycles. The summed E-state index contributed by atoms with van der Waals surface area (Å²) in [5.74, 6) is -0.531. The lowest BCUT2D eigenvalue weighted by Crippen LogP contribution is -2.33. The van der Waals surface area contributed by atoms with Crippen molar-refractivity contribution in [3.63, 3.8) is 0 Å². The van der Waals surface area contributed by atoms with Gasteiger partial charge in [0.15, 0.2) is 0 Å². The first-order chi connectivity index (χ1) is 6.60. The van der Waals surface area contributed by atoms with Crippen molar-refractivity contribution in [1.29, 1.82) is 0 Å². The molecule has 0 fully saturated rings. The Bertz CT molecular complexity index is 186. The number of carbonyl (C=O) groups is 2. The summed E-state index contributed by atoms with van der Waals surface area (Å²) >= 11 is 0. The second kappa shape index (κ2) is 7.43. The van der Waals surface area contributed by atoms with Gasteiger partial charge in [0.05, 0.1) is 25.1 Å². The largest absolute Gasteiger partial charge is 0.464 e. The molecule has 0 saturated heterocycles. The highest BCUT2D eigenvalue weighted by atomic mass is 16.5. The van der Waals surface area contributed by atoms with Gasteiger partial charge in [0, 0.05) is 7.11 Å². The molecule has 0 aromatic carbocycles.